The van der Waals surface area contributed by atoms with Gasteiger partial charge in [0.15, 0.2) is 18.2 Å². The molecule has 2 heterocycles. The van der Waals surface area contributed by atoms with Crippen molar-refractivity contribution in [1.29, 1.82) is 0 Å². The summed E-state index contributed by atoms with van der Waals surface area (Å²) in [6, 6.07) is 0.322. The molecule has 0 aliphatic carbocycles. The molecule has 0 bridgehead atoms. The molecule has 2 aromatic heterocycles. The van der Waals surface area contributed by atoms with Gasteiger partial charge in [-0.2, -0.15) is 10.1 Å². The zero-order chi connectivity index (χ0) is 12.3. The number of aryl methyl sites for hydroxylation is 1. The minimum atomic E-state index is 0.275. The zero-order valence-corrected chi connectivity index (χ0v) is 10.3. The lowest BCUT2D eigenvalue weighted by Crippen LogP contribution is -2.00. The quantitative estimate of drug-likeness (QED) is 0.794. The highest BCUT2D eigenvalue weighted by Gasteiger charge is 2.07. The van der Waals surface area contributed by atoms with E-state index in [0.29, 0.717) is 23.5 Å². The third-order valence-corrected chi connectivity index (χ3v) is 2.30. The molecular weight excluding hydrogens is 220 g/mol. The van der Waals surface area contributed by atoms with Crippen molar-refractivity contribution in [3.05, 3.63) is 24.1 Å². The van der Waals surface area contributed by atoms with Crippen LogP contribution in [0.1, 0.15) is 38.5 Å². The lowest BCUT2D eigenvalue weighted by Gasteiger charge is -2.03. The first-order chi connectivity index (χ1) is 8.19. The molecule has 2 aromatic rings. The first-order valence-electron chi connectivity index (χ1n) is 5.67. The smallest absolute Gasteiger partial charge is 0.264 e. The lowest BCUT2D eigenvalue weighted by atomic mass is 10.4. The molecular formula is C11H16N4O2. The van der Waals surface area contributed by atoms with Crippen LogP contribution in [0.4, 0.5) is 0 Å². The Morgan fingerprint density at radius 1 is 1.47 bits per heavy atom. The normalized spacial score (nSPS) is 11.1. The van der Waals surface area contributed by atoms with Gasteiger partial charge in [0.2, 0.25) is 0 Å². The van der Waals surface area contributed by atoms with Crippen LogP contribution in [0.5, 0.6) is 5.75 Å². The predicted octanol–water partition coefficient (Wildman–Crippen LogP) is 1.99. The average molecular weight is 236 g/mol. The van der Waals surface area contributed by atoms with E-state index in [2.05, 4.69) is 29.1 Å². The Kier molecular flexibility index (Phi) is 3.41. The fraction of sp³-hybridized carbons (Fsp3) is 0.545. The number of aromatic nitrogens is 4. The van der Waals surface area contributed by atoms with E-state index in [-0.39, 0.29) is 6.61 Å². The van der Waals surface area contributed by atoms with E-state index in [0.717, 1.165) is 6.42 Å². The molecule has 0 unspecified atom stereocenters. The van der Waals surface area contributed by atoms with E-state index >= 15 is 0 Å². The van der Waals surface area contributed by atoms with Crippen LogP contribution < -0.4 is 4.74 Å². The van der Waals surface area contributed by atoms with Gasteiger partial charge in [0, 0.05) is 12.5 Å². The third kappa shape index (κ3) is 2.83. The molecule has 0 saturated heterocycles. The monoisotopic (exact) mass is 236 g/mol. The molecule has 0 amide bonds. The van der Waals surface area contributed by atoms with Crippen molar-refractivity contribution < 1.29 is 9.26 Å². The van der Waals surface area contributed by atoms with Crippen molar-refractivity contribution in [2.45, 2.75) is 39.8 Å². The minimum absolute atomic E-state index is 0.275. The first kappa shape index (κ1) is 11.6. The second-order valence-corrected chi connectivity index (χ2v) is 4.00. The highest BCUT2D eigenvalue weighted by Crippen LogP contribution is 2.13. The largest absolute Gasteiger partial charge is 0.480 e. The van der Waals surface area contributed by atoms with Gasteiger partial charge in [-0.3, -0.25) is 4.68 Å². The van der Waals surface area contributed by atoms with Gasteiger partial charge in [-0.25, -0.2) is 0 Å². The Bertz CT molecular complexity index is 475. The molecule has 6 nitrogen and oxygen atoms in total. The lowest BCUT2D eigenvalue weighted by molar-refractivity contribution is 0.242. The molecule has 0 fully saturated rings. The summed E-state index contributed by atoms with van der Waals surface area (Å²) in [5, 5.41) is 7.97. The Labute approximate surface area is 99.6 Å². The van der Waals surface area contributed by atoms with Gasteiger partial charge in [0.25, 0.3) is 5.89 Å². The van der Waals surface area contributed by atoms with Crippen molar-refractivity contribution in [3.63, 3.8) is 0 Å². The van der Waals surface area contributed by atoms with Crippen LogP contribution in [0.25, 0.3) is 0 Å². The van der Waals surface area contributed by atoms with Crippen LogP contribution in [0.15, 0.2) is 16.9 Å². The van der Waals surface area contributed by atoms with Crippen LogP contribution in [0.2, 0.25) is 0 Å². The minimum Gasteiger partial charge on any atom is -0.480 e. The van der Waals surface area contributed by atoms with E-state index in [1.165, 1.54) is 0 Å². The maximum atomic E-state index is 5.50. The summed E-state index contributed by atoms with van der Waals surface area (Å²) >= 11 is 0. The average Bonchev–Trinajstić information content (AvgIpc) is 2.95. The van der Waals surface area contributed by atoms with E-state index < -0.39 is 0 Å². The predicted molar refractivity (Wildman–Crippen MR) is 60.6 cm³/mol. The van der Waals surface area contributed by atoms with Crippen molar-refractivity contribution in [2.24, 2.45) is 0 Å². The molecule has 0 aliphatic rings. The summed E-state index contributed by atoms with van der Waals surface area (Å²) in [5.41, 5.74) is 0. The third-order valence-electron chi connectivity index (χ3n) is 2.30. The second kappa shape index (κ2) is 4.99. The standard InChI is InChI=1S/C11H16N4O2/c1-4-10-13-11(17-14-10)7-16-9-5-12-15(6-9)8(2)3/h5-6,8H,4,7H2,1-3H3. The van der Waals surface area contributed by atoms with Gasteiger partial charge in [-0.1, -0.05) is 12.1 Å². The summed E-state index contributed by atoms with van der Waals surface area (Å²) in [7, 11) is 0. The maximum absolute atomic E-state index is 5.50. The molecule has 0 saturated carbocycles. The molecule has 92 valence electrons. The van der Waals surface area contributed by atoms with Gasteiger partial charge in [-0.05, 0) is 13.8 Å². The molecule has 0 N–H and O–H groups in total. The van der Waals surface area contributed by atoms with Crippen molar-refractivity contribution in [1.82, 2.24) is 19.9 Å². The molecule has 6 heteroatoms. The van der Waals surface area contributed by atoms with Gasteiger partial charge >= 0.3 is 0 Å². The number of hydrogen-bond acceptors (Lipinski definition) is 5. The highest BCUT2D eigenvalue weighted by molar-refractivity contribution is 5.12. The zero-order valence-electron chi connectivity index (χ0n) is 10.3. The van der Waals surface area contributed by atoms with E-state index in [4.69, 9.17) is 9.26 Å². The molecule has 0 radical (unpaired) electrons. The van der Waals surface area contributed by atoms with E-state index in [9.17, 15) is 0 Å². The molecule has 0 aliphatic heterocycles. The SMILES string of the molecule is CCc1noc(COc2cnn(C(C)C)c2)n1. The molecule has 17 heavy (non-hydrogen) atoms. The second-order valence-electron chi connectivity index (χ2n) is 4.00. The van der Waals surface area contributed by atoms with E-state index in [1.54, 1.807) is 6.20 Å². The fourth-order valence-corrected chi connectivity index (χ4v) is 1.31. The molecule has 0 atom stereocenters. The molecule has 2 rings (SSSR count). The van der Waals surface area contributed by atoms with Crippen LogP contribution in [0, 0.1) is 0 Å². The fourth-order valence-electron chi connectivity index (χ4n) is 1.31. The van der Waals surface area contributed by atoms with Crippen LogP contribution >= 0.6 is 0 Å². The van der Waals surface area contributed by atoms with E-state index in [1.807, 2.05) is 17.8 Å². The summed E-state index contributed by atoms with van der Waals surface area (Å²) in [6.07, 6.45) is 4.29. The Hall–Kier alpha value is -1.85. The van der Waals surface area contributed by atoms with Gasteiger partial charge in [0.1, 0.15) is 0 Å². The van der Waals surface area contributed by atoms with Gasteiger partial charge < -0.3 is 9.26 Å². The molecule has 0 spiro atoms. The number of nitrogens with zero attached hydrogens (tertiary/aromatic N) is 4. The Morgan fingerprint density at radius 3 is 2.88 bits per heavy atom. The van der Waals surface area contributed by atoms with Crippen molar-refractivity contribution in [2.75, 3.05) is 0 Å². The number of hydrogen-bond donors (Lipinski definition) is 0. The summed E-state index contributed by atoms with van der Waals surface area (Å²) in [6.45, 7) is 6.36. The number of ether oxygens (including phenoxy) is 1. The summed E-state index contributed by atoms with van der Waals surface area (Å²) in [5.74, 6) is 1.88. The molecule has 0 aromatic carbocycles. The summed E-state index contributed by atoms with van der Waals surface area (Å²) < 4.78 is 12.4. The van der Waals surface area contributed by atoms with Crippen LogP contribution in [-0.2, 0) is 13.0 Å². The Morgan fingerprint density at radius 2 is 2.29 bits per heavy atom. The first-order valence-corrected chi connectivity index (χ1v) is 5.67. The maximum Gasteiger partial charge on any atom is 0.264 e. The highest BCUT2D eigenvalue weighted by atomic mass is 16.5. The number of rotatable bonds is 5. The van der Waals surface area contributed by atoms with Crippen molar-refractivity contribution >= 4 is 0 Å². The summed E-state index contributed by atoms with van der Waals surface area (Å²) in [4.78, 5) is 4.16. The van der Waals surface area contributed by atoms with Crippen LogP contribution in [0.3, 0.4) is 0 Å². The Balaban J connectivity index is 1.92. The van der Waals surface area contributed by atoms with Gasteiger partial charge in [0.05, 0.1) is 12.4 Å². The topological polar surface area (TPSA) is 66.0 Å². The van der Waals surface area contributed by atoms with Gasteiger partial charge in [-0.15, -0.1) is 0 Å². The van der Waals surface area contributed by atoms with Crippen LogP contribution in [-0.4, -0.2) is 19.9 Å². The van der Waals surface area contributed by atoms with Crippen molar-refractivity contribution in [3.8, 4) is 5.75 Å².